The average molecular weight is 174 g/mol. The van der Waals surface area contributed by atoms with Gasteiger partial charge in [0.15, 0.2) is 0 Å². The molecule has 1 rings (SSSR count). The fraction of sp³-hybridized carbons (Fsp3) is 0.364. The van der Waals surface area contributed by atoms with Crippen molar-refractivity contribution in [2.75, 3.05) is 18.0 Å². The van der Waals surface area contributed by atoms with Crippen molar-refractivity contribution in [3.63, 3.8) is 0 Å². The predicted octanol–water partition coefficient (Wildman–Crippen LogP) is 2.40. The number of nitriles is 1. The van der Waals surface area contributed by atoms with Gasteiger partial charge in [-0.25, -0.2) is 0 Å². The Morgan fingerprint density at radius 1 is 1.15 bits per heavy atom. The molecule has 0 N–H and O–H groups in total. The molecule has 0 spiro atoms. The first-order chi connectivity index (χ1) is 6.31. The maximum absolute atomic E-state index is 8.62. The Morgan fingerprint density at radius 2 is 1.69 bits per heavy atom. The minimum atomic E-state index is 0.718. The summed E-state index contributed by atoms with van der Waals surface area (Å²) >= 11 is 0. The van der Waals surface area contributed by atoms with Crippen LogP contribution in [0.15, 0.2) is 24.3 Å². The summed E-state index contributed by atoms with van der Waals surface area (Å²) < 4.78 is 0. The summed E-state index contributed by atoms with van der Waals surface area (Å²) in [5.41, 5.74) is 1.90. The molecule has 0 heterocycles. The fourth-order valence-electron chi connectivity index (χ4n) is 1.34. The van der Waals surface area contributed by atoms with E-state index in [0.29, 0.717) is 0 Å². The van der Waals surface area contributed by atoms with Crippen LogP contribution in [0, 0.1) is 11.3 Å². The van der Waals surface area contributed by atoms with Gasteiger partial charge in [-0.05, 0) is 38.1 Å². The lowest BCUT2D eigenvalue weighted by Crippen LogP contribution is -2.21. The van der Waals surface area contributed by atoms with Crippen LogP contribution in [0.4, 0.5) is 5.69 Å². The highest BCUT2D eigenvalue weighted by molar-refractivity contribution is 5.49. The summed E-state index contributed by atoms with van der Waals surface area (Å²) in [6.45, 7) is 6.26. The van der Waals surface area contributed by atoms with E-state index in [2.05, 4.69) is 24.8 Å². The summed E-state index contributed by atoms with van der Waals surface area (Å²) in [6.07, 6.45) is 0. The summed E-state index contributed by atoms with van der Waals surface area (Å²) in [4.78, 5) is 2.25. The third kappa shape index (κ3) is 2.22. The largest absolute Gasteiger partial charge is 0.372 e. The summed E-state index contributed by atoms with van der Waals surface area (Å²) in [5.74, 6) is 0. The molecule has 0 unspecified atom stereocenters. The first-order valence-electron chi connectivity index (χ1n) is 4.57. The van der Waals surface area contributed by atoms with Gasteiger partial charge >= 0.3 is 0 Å². The lowest BCUT2D eigenvalue weighted by atomic mass is 10.2. The molecule has 0 atom stereocenters. The van der Waals surface area contributed by atoms with Crippen LogP contribution in [0.5, 0.6) is 0 Å². The number of rotatable bonds is 3. The lowest BCUT2D eigenvalue weighted by molar-refractivity contribution is 0.866. The van der Waals surface area contributed by atoms with Crippen molar-refractivity contribution in [1.82, 2.24) is 0 Å². The van der Waals surface area contributed by atoms with Crippen molar-refractivity contribution >= 4 is 5.69 Å². The Kier molecular flexibility index (Phi) is 3.33. The van der Waals surface area contributed by atoms with Gasteiger partial charge in [0, 0.05) is 18.8 Å². The van der Waals surface area contributed by atoms with Gasteiger partial charge in [-0.15, -0.1) is 0 Å². The van der Waals surface area contributed by atoms with Crippen LogP contribution < -0.4 is 4.90 Å². The average Bonchev–Trinajstić information content (AvgIpc) is 2.21. The zero-order valence-electron chi connectivity index (χ0n) is 8.12. The van der Waals surface area contributed by atoms with Crippen molar-refractivity contribution < 1.29 is 0 Å². The molecule has 0 radical (unpaired) electrons. The predicted molar refractivity (Wildman–Crippen MR) is 54.7 cm³/mol. The Labute approximate surface area is 79.4 Å². The zero-order chi connectivity index (χ0) is 9.68. The third-order valence-corrected chi connectivity index (χ3v) is 2.12. The molecule has 2 heteroatoms. The molecule has 0 fully saturated rings. The molecular weight excluding hydrogens is 160 g/mol. The standard InChI is InChI=1S/C11H14N2/c1-3-13(4-2)11-7-5-10(9-12)6-8-11/h5-8H,3-4H2,1-2H3. The van der Waals surface area contributed by atoms with E-state index >= 15 is 0 Å². The summed E-state index contributed by atoms with van der Waals surface area (Å²) in [7, 11) is 0. The molecular formula is C11H14N2. The van der Waals surface area contributed by atoms with E-state index in [0.717, 1.165) is 18.7 Å². The van der Waals surface area contributed by atoms with Crippen LogP contribution in [0.3, 0.4) is 0 Å². The van der Waals surface area contributed by atoms with Crippen LogP contribution in [0.2, 0.25) is 0 Å². The van der Waals surface area contributed by atoms with Crippen molar-refractivity contribution in [2.45, 2.75) is 13.8 Å². The van der Waals surface area contributed by atoms with Gasteiger partial charge in [-0.1, -0.05) is 0 Å². The van der Waals surface area contributed by atoms with E-state index in [4.69, 9.17) is 5.26 Å². The quantitative estimate of drug-likeness (QED) is 0.703. The van der Waals surface area contributed by atoms with Crippen LogP contribution >= 0.6 is 0 Å². The minimum Gasteiger partial charge on any atom is -0.372 e. The van der Waals surface area contributed by atoms with Gasteiger partial charge in [0.25, 0.3) is 0 Å². The Hall–Kier alpha value is -1.49. The fourth-order valence-corrected chi connectivity index (χ4v) is 1.34. The van der Waals surface area contributed by atoms with Gasteiger partial charge in [0.2, 0.25) is 0 Å². The molecule has 68 valence electrons. The SMILES string of the molecule is CCN(CC)c1ccc(C#N)cc1. The maximum Gasteiger partial charge on any atom is 0.0991 e. The smallest absolute Gasteiger partial charge is 0.0991 e. The molecule has 0 saturated heterocycles. The van der Waals surface area contributed by atoms with Crippen LogP contribution in [0.1, 0.15) is 19.4 Å². The van der Waals surface area contributed by atoms with Crippen LogP contribution in [-0.2, 0) is 0 Å². The monoisotopic (exact) mass is 174 g/mol. The molecule has 0 saturated carbocycles. The molecule has 0 aromatic heterocycles. The lowest BCUT2D eigenvalue weighted by Gasteiger charge is -2.20. The van der Waals surface area contributed by atoms with E-state index in [1.54, 1.807) is 0 Å². The molecule has 1 aromatic carbocycles. The molecule has 0 bridgehead atoms. The number of hydrogen-bond acceptors (Lipinski definition) is 2. The van der Waals surface area contributed by atoms with Gasteiger partial charge < -0.3 is 4.90 Å². The normalized spacial score (nSPS) is 9.31. The Bertz CT molecular complexity index is 291. The second kappa shape index (κ2) is 4.51. The van der Waals surface area contributed by atoms with Crippen LogP contribution in [0.25, 0.3) is 0 Å². The van der Waals surface area contributed by atoms with Crippen LogP contribution in [-0.4, -0.2) is 13.1 Å². The van der Waals surface area contributed by atoms with Crippen molar-refractivity contribution in [3.05, 3.63) is 29.8 Å². The van der Waals surface area contributed by atoms with E-state index in [1.807, 2.05) is 24.3 Å². The Morgan fingerprint density at radius 3 is 2.08 bits per heavy atom. The molecule has 0 amide bonds. The van der Waals surface area contributed by atoms with Crippen molar-refractivity contribution in [1.29, 1.82) is 5.26 Å². The first-order valence-corrected chi connectivity index (χ1v) is 4.57. The molecule has 0 aliphatic carbocycles. The van der Waals surface area contributed by atoms with Crippen molar-refractivity contribution in [2.24, 2.45) is 0 Å². The number of anilines is 1. The van der Waals surface area contributed by atoms with Crippen molar-refractivity contribution in [3.8, 4) is 6.07 Å². The summed E-state index contributed by atoms with van der Waals surface area (Å²) in [6, 6.07) is 9.80. The number of hydrogen-bond donors (Lipinski definition) is 0. The third-order valence-electron chi connectivity index (χ3n) is 2.12. The molecule has 13 heavy (non-hydrogen) atoms. The van der Waals surface area contributed by atoms with Gasteiger partial charge in [-0.2, -0.15) is 5.26 Å². The maximum atomic E-state index is 8.62. The molecule has 0 aliphatic heterocycles. The molecule has 0 aliphatic rings. The van der Waals surface area contributed by atoms with Gasteiger partial charge in [-0.3, -0.25) is 0 Å². The van der Waals surface area contributed by atoms with E-state index in [-0.39, 0.29) is 0 Å². The molecule has 2 nitrogen and oxygen atoms in total. The first kappa shape index (κ1) is 9.60. The van der Waals surface area contributed by atoms with E-state index in [1.165, 1.54) is 5.69 Å². The zero-order valence-corrected chi connectivity index (χ0v) is 8.12. The number of benzene rings is 1. The molecule has 1 aromatic rings. The second-order valence-corrected chi connectivity index (χ2v) is 2.83. The highest BCUT2D eigenvalue weighted by Gasteiger charge is 1.99. The second-order valence-electron chi connectivity index (χ2n) is 2.83. The minimum absolute atomic E-state index is 0.718. The van der Waals surface area contributed by atoms with E-state index < -0.39 is 0 Å². The van der Waals surface area contributed by atoms with Gasteiger partial charge in [0.05, 0.1) is 11.6 Å². The highest BCUT2D eigenvalue weighted by atomic mass is 15.1. The number of nitrogens with zero attached hydrogens (tertiary/aromatic N) is 2. The topological polar surface area (TPSA) is 27.0 Å². The Balaban J connectivity index is 2.85. The summed E-state index contributed by atoms with van der Waals surface area (Å²) in [5, 5.41) is 8.62. The van der Waals surface area contributed by atoms with E-state index in [9.17, 15) is 0 Å². The highest BCUT2D eigenvalue weighted by Crippen LogP contribution is 2.13. The van der Waals surface area contributed by atoms with Gasteiger partial charge in [0.1, 0.15) is 0 Å².